The maximum Gasteiger partial charge on any atom is 0.321 e. The van der Waals surface area contributed by atoms with Gasteiger partial charge < -0.3 is 10.2 Å². The first-order valence-electron chi connectivity index (χ1n) is 8.25. The van der Waals surface area contributed by atoms with Crippen molar-refractivity contribution in [2.75, 3.05) is 31.5 Å². The average Bonchev–Trinajstić information content (AvgIpc) is 2.65. The van der Waals surface area contributed by atoms with Gasteiger partial charge in [-0.05, 0) is 36.8 Å². The molecule has 2 amide bonds. The molecule has 0 radical (unpaired) electrons. The molecule has 0 spiro atoms. The van der Waals surface area contributed by atoms with Gasteiger partial charge in [-0.3, -0.25) is 0 Å². The summed E-state index contributed by atoms with van der Waals surface area (Å²) < 4.78 is 26.9. The highest BCUT2D eigenvalue weighted by atomic mass is 35.5. The number of hydrogen-bond acceptors (Lipinski definition) is 3. The van der Waals surface area contributed by atoms with E-state index < -0.39 is 10.0 Å². The summed E-state index contributed by atoms with van der Waals surface area (Å²) in [5.74, 6) is 0. The molecular formula is C18H20ClN3O3S. The van der Waals surface area contributed by atoms with Gasteiger partial charge in [-0.15, -0.1) is 0 Å². The Bertz CT molecular complexity index is 895. The van der Waals surface area contributed by atoms with Gasteiger partial charge in [0, 0.05) is 36.9 Å². The van der Waals surface area contributed by atoms with Crippen molar-refractivity contribution in [3.05, 3.63) is 59.1 Å². The van der Waals surface area contributed by atoms with Gasteiger partial charge in [0.05, 0.1) is 4.90 Å². The summed E-state index contributed by atoms with van der Waals surface area (Å²) in [4.78, 5) is 14.1. The van der Waals surface area contributed by atoms with Crippen LogP contribution < -0.4 is 5.32 Å². The van der Waals surface area contributed by atoms with Crippen LogP contribution in [0.1, 0.15) is 5.56 Å². The third-order valence-electron chi connectivity index (χ3n) is 4.33. The molecule has 0 aliphatic carbocycles. The molecule has 1 N–H and O–H groups in total. The quantitative estimate of drug-likeness (QED) is 0.870. The number of rotatable bonds is 3. The number of hydrogen-bond donors (Lipinski definition) is 1. The number of halogens is 1. The van der Waals surface area contributed by atoms with Crippen molar-refractivity contribution in [3.8, 4) is 0 Å². The molecule has 0 bridgehead atoms. The summed E-state index contributed by atoms with van der Waals surface area (Å²) in [6.07, 6.45) is 0. The van der Waals surface area contributed by atoms with Gasteiger partial charge in [-0.2, -0.15) is 4.31 Å². The predicted molar refractivity (Wildman–Crippen MR) is 102 cm³/mol. The second kappa shape index (κ2) is 7.65. The number of carbonyl (C=O) groups is 1. The molecular weight excluding hydrogens is 374 g/mol. The van der Waals surface area contributed by atoms with Crippen molar-refractivity contribution in [3.63, 3.8) is 0 Å². The lowest BCUT2D eigenvalue weighted by atomic mass is 10.2. The zero-order valence-electron chi connectivity index (χ0n) is 14.4. The first kappa shape index (κ1) is 18.7. The molecule has 0 atom stereocenters. The number of para-hydroxylation sites is 1. The van der Waals surface area contributed by atoms with E-state index in [1.807, 2.05) is 25.1 Å². The maximum absolute atomic E-state index is 12.8. The Morgan fingerprint density at radius 3 is 2.31 bits per heavy atom. The number of carbonyl (C=O) groups excluding carboxylic acids is 1. The predicted octanol–water partition coefficient (Wildman–Crippen LogP) is 3.19. The van der Waals surface area contributed by atoms with Gasteiger partial charge in [0.15, 0.2) is 0 Å². The Morgan fingerprint density at radius 2 is 1.69 bits per heavy atom. The summed E-state index contributed by atoms with van der Waals surface area (Å²) in [6, 6.07) is 13.7. The van der Waals surface area contributed by atoms with Crippen LogP contribution in [0.25, 0.3) is 0 Å². The fraction of sp³-hybridized carbons (Fsp3) is 0.278. The smallest absolute Gasteiger partial charge is 0.321 e. The zero-order valence-corrected chi connectivity index (χ0v) is 15.9. The molecule has 3 rings (SSSR count). The number of nitrogens with one attached hydrogen (secondary N) is 1. The van der Waals surface area contributed by atoms with Gasteiger partial charge in [0.2, 0.25) is 10.0 Å². The first-order valence-corrected chi connectivity index (χ1v) is 10.1. The molecule has 0 unspecified atom stereocenters. The molecule has 1 aliphatic rings. The minimum Gasteiger partial charge on any atom is -0.322 e. The van der Waals surface area contributed by atoms with Gasteiger partial charge in [0.25, 0.3) is 0 Å². The SMILES string of the molecule is Cc1ccc(S(=O)(=O)N2CCN(C(=O)Nc3ccccc3)CC2)cc1Cl. The van der Waals surface area contributed by atoms with E-state index in [9.17, 15) is 13.2 Å². The van der Waals surface area contributed by atoms with Crippen LogP contribution in [0.5, 0.6) is 0 Å². The van der Waals surface area contributed by atoms with Crippen molar-refractivity contribution < 1.29 is 13.2 Å². The number of urea groups is 1. The van der Waals surface area contributed by atoms with Crippen LogP contribution in [-0.2, 0) is 10.0 Å². The van der Waals surface area contributed by atoms with Crippen molar-refractivity contribution in [2.45, 2.75) is 11.8 Å². The largest absolute Gasteiger partial charge is 0.322 e. The molecule has 138 valence electrons. The van der Waals surface area contributed by atoms with E-state index in [1.54, 1.807) is 29.2 Å². The van der Waals surface area contributed by atoms with Crippen LogP contribution in [-0.4, -0.2) is 49.8 Å². The van der Waals surface area contributed by atoms with Crippen LogP contribution in [0.3, 0.4) is 0 Å². The second-order valence-electron chi connectivity index (χ2n) is 6.10. The van der Waals surface area contributed by atoms with Crippen LogP contribution in [0.4, 0.5) is 10.5 Å². The Morgan fingerprint density at radius 1 is 1.04 bits per heavy atom. The monoisotopic (exact) mass is 393 g/mol. The molecule has 1 heterocycles. The first-order chi connectivity index (χ1) is 12.4. The van der Waals surface area contributed by atoms with E-state index in [2.05, 4.69) is 5.32 Å². The number of nitrogens with zero attached hydrogens (tertiary/aromatic N) is 2. The van der Waals surface area contributed by atoms with E-state index in [0.717, 1.165) is 5.56 Å². The molecule has 0 saturated carbocycles. The Balaban J connectivity index is 1.64. The van der Waals surface area contributed by atoms with E-state index >= 15 is 0 Å². The van der Waals surface area contributed by atoms with Gasteiger partial charge in [-0.1, -0.05) is 35.9 Å². The van der Waals surface area contributed by atoms with Crippen LogP contribution in [0, 0.1) is 6.92 Å². The minimum atomic E-state index is -3.62. The third-order valence-corrected chi connectivity index (χ3v) is 6.63. The highest BCUT2D eigenvalue weighted by molar-refractivity contribution is 7.89. The normalized spacial score (nSPS) is 15.7. The summed E-state index contributed by atoms with van der Waals surface area (Å²) >= 11 is 6.06. The number of sulfonamides is 1. The molecule has 2 aromatic carbocycles. The van der Waals surface area contributed by atoms with E-state index in [1.165, 1.54) is 10.4 Å². The standard InChI is InChI=1S/C18H20ClN3O3S/c1-14-7-8-16(13-17(14)19)26(24,25)22-11-9-21(10-12-22)18(23)20-15-5-3-2-4-6-15/h2-8,13H,9-12H2,1H3,(H,20,23). The highest BCUT2D eigenvalue weighted by Crippen LogP contribution is 2.23. The summed E-state index contributed by atoms with van der Waals surface area (Å²) in [6.45, 7) is 2.98. The van der Waals surface area contributed by atoms with E-state index in [-0.39, 0.29) is 24.0 Å². The maximum atomic E-state index is 12.8. The van der Waals surface area contributed by atoms with Gasteiger partial charge >= 0.3 is 6.03 Å². The topological polar surface area (TPSA) is 69.7 Å². The fourth-order valence-corrected chi connectivity index (χ4v) is 4.43. The summed E-state index contributed by atoms with van der Waals surface area (Å²) in [5, 5.41) is 3.24. The van der Waals surface area contributed by atoms with Crippen LogP contribution in [0.15, 0.2) is 53.4 Å². The zero-order chi connectivity index (χ0) is 18.7. The van der Waals surface area contributed by atoms with Crippen molar-refractivity contribution in [2.24, 2.45) is 0 Å². The molecule has 26 heavy (non-hydrogen) atoms. The Kier molecular flexibility index (Phi) is 5.50. The number of anilines is 1. The minimum absolute atomic E-state index is 0.176. The molecule has 1 aliphatic heterocycles. The second-order valence-corrected chi connectivity index (χ2v) is 8.44. The summed E-state index contributed by atoms with van der Waals surface area (Å²) in [7, 11) is -3.62. The molecule has 1 saturated heterocycles. The number of benzene rings is 2. The van der Waals surface area contributed by atoms with Crippen LogP contribution >= 0.6 is 11.6 Å². The lowest BCUT2D eigenvalue weighted by Gasteiger charge is -2.34. The summed E-state index contributed by atoms with van der Waals surface area (Å²) in [5.41, 5.74) is 1.54. The number of amides is 2. The lowest BCUT2D eigenvalue weighted by Crippen LogP contribution is -2.51. The fourth-order valence-electron chi connectivity index (χ4n) is 2.74. The average molecular weight is 394 g/mol. The van der Waals surface area contributed by atoms with Gasteiger partial charge in [0.1, 0.15) is 0 Å². The molecule has 1 fully saturated rings. The molecule has 8 heteroatoms. The van der Waals surface area contributed by atoms with Gasteiger partial charge in [-0.25, -0.2) is 13.2 Å². The number of aryl methyl sites for hydroxylation is 1. The molecule has 6 nitrogen and oxygen atoms in total. The molecule has 2 aromatic rings. The highest BCUT2D eigenvalue weighted by Gasteiger charge is 2.30. The Labute approximate surface area is 158 Å². The van der Waals surface area contributed by atoms with Crippen molar-refractivity contribution >= 4 is 33.3 Å². The van der Waals surface area contributed by atoms with Crippen molar-refractivity contribution in [1.29, 1.82) is 0 Å². The molecule has 0 aromatic heterocycles. The third kappa shape index (κ3) is 4.00. The Hall–Kier alpha value is -2.09. The van der Waals surface area contributed by atoms with E-state index in [0.29, 0.717) is 23.8 Å². The lowest BCUT2D eigenvalue weighted by molar-refractivity contribution is 0.184. The number of piperazine rings is 1. The van der Waals surface area contributed by atoms with Crippen molar-refractivity contribution in [1.82, 2.24) is 9.21 Å². The van der Waals surface area contributed by atoms with Crippen LogP contribution in [0.2, 0.25) is 5.02 Å². The van der Waals surface area contributed by atoms with E-state index in [4.69, 9.17) is 11.6 Å².